The van der Waals surface area contributed by atoms with E-state index in [-0.39, 0.29) is 17.5 Å². The number of ether oxygens (including phenoxy) is 2. The molecule has 0 saturated carbocycles. The summed E-state index contributed by atoms with van der Waals surface area (Å²) in [5.74, 6) is 0.969. The molecule has 7 nitrogen and oxygen atoms in total. The Bertz CT molecular complexity index is 1180. The van der Waals surface area contributed by atoms with Crippen LogP contribution >= 0.6 is 0 Å². The number of methoxy groups -OCH3 is 1. The zero-order valence-corrected chi connectivity index (χ0v) is 16.6. The van der Waals surface area contributed by atoms with Crippen molar-refractivity contribution >= 4 is 11.4 Å². The van der Waals surface area contributed by atoms with Gasteiger partial charge in [-0.3, -0.25) is 10.1 Å². The minimum absolute atomic E-state index is 0.000398. The second kappa shape index (κ2) is 7.39. The maximum absolute atomic E-state index is 13.5. The molecule has 0 N–H and O–H groups in total. The highest BCUT2D eigenvalue weighted by molar-refractivity contribution is 6.02. The molecule has 3 aromatic rings. The molecule has 5 rings (SSSR count). The summed E-state index contributed by atoms with van der Waals surface area (Å²) in [7, 11) is 1.61. The lowest BCUT2D eigenvalue weighted by molar-refractivity contribution is -0.385. The van der Waals surface area contributed by atoms with E-state index in [1.807, 2.05) is 24.3 Å². The molecular formula is C23H18FN3O4. The first-order chi connectivity index (χ1) is 15.0. The summed E-state index contributed by atoms with van der Waals surface area (Å²) in [4.78, 5) is 10.9. The normalized spacial score (nSPS) is 19.2. The van der Waals surface area contributed by atoms with E-state index < -0.39 is 11.2 Å². The van der Waals surface area contributed by atoms with Gasteiger partial charge in [0.1, 0.15) is 17.3 Å². The van der Waals surface area contributed by atoms with Crippen molar-refractivity contribution in [3.63, 3.8) is 0 Å². The number of hydrogen-bond acceptors (Lipinski definition) is 6. The van der Waals surface area contributed by atoms with Crippen LogP contribution in [0, 0.1) is 15.9 Å². The lowest BCUT2D eigenvalue weighted by Crippen LogP contribution is -2.33. The third-order valence-electron chi connectivity index (χ3n) is 5.56. The summed E-state index contributed by atoms with van der Waals surface area (Å²) < 4.78 is 24.9. The molecular weight excluding hydrogens is 401 g/mol. The Morgan fingerprint density at radius 3 is 2.55 bits per heavy atom. The van der Waals surface area contributed by atoms with E-state index in [9.17, 15) is 14.5 Å². The first kappa shape index (κ1) is 19.0. The first-order valence-corrected chi connectivity index (χ1v) is 9.74. The van der Waals surface area contributed by atoms with Crippen molar-refractivity contribution in [3.8, 4) is 11.5 Å². The molecule has 2 atom stereocenters. The molecule has 0 saturated heterocycles. The van der Waals surface area contributed by atoms with Crippen molar-refractivity contribution in [1.82, 2.24) is 5.01 Å². The zero-order valence-electron chi connectivity index (χ0n) is 16.6. The van der Waals surface area contributed by atoms with Crippen molar-refractivity contribution in [2.45, 2.75) is 18.7 Å². The number of non-ortho nitro benzene ring substituents is 1. The van der Waals surface area contributed by atoms with E-state index >= 15 is 0 Å². The molecule has 8 heteroatoms. The van der Waals surface area contributed by atoms with E-state index in [1.165, 1.54) is 18.2 Å². The number of hydrazone groups is 1. The van der Waals surface area contributed by atoms with Gasteiger partial charge in [0.15, 0.2) is 0 Å². The van der Waals surface area contributed by atoms with Crippen LogP contribution in [0.25, 0.3) is 0 Å². The van der Waals surface area contributed by atoms with E-state index in [1.54, 1.807) is 36.4 Å². The van der Waals surface area contributed by atoms with Gasteiger partial charge in [0.05, 0.1) is 23.8 Å². The van der Waals surface area contributed by atoms with Gasteiger partial charge < -0.3 is 9.47 Å². The second-order valence-corrected chi connectivity index (χ2v) is 7.38. The van der Waals surface area contributed by atoms with E-state index in [0.717, 1.165) is 22.6 Å². The Labute approximate surface area is 177 Å². The maximum atomic E-state index is 13.5. The summed E-state index contributed by atoms with van der Waals surface area (Å²) in [5.41, 5.74) is 3.22. The maximum Gasteiger partial charge on any atom is 0.270 e. The standard InChI is InChI=1S/C23H18FN3O4/c1-30-18-9-4-14(5-10-18)20-13-21-19-12-17(27(28)29)8-11-22(19)31-23(26(21)25-20)15-2-6-16(24)7-3-15/h2-12,21,23H,13H2,1H3. The molecule has 156 valence electrons. The van der Waals surface area contributed by atoms with Gasteiger partial charge in [-0.25, -0.2) is 9.40 Å². The van der Waals surface area contributed by atoms with Gasteiger partial charge in [-0.2, -0.15) is 5.10 Å². The topological polar surface area (TPSA) is 77.2 Å². The van der Waals surface area contributed by atoms with Gasteiger partial charge in [-0.15, -0.1) is 0 Å². The monoisotopic (exact) mass is 419 g/mol. The third-order valence-corrected chi connectivity index (χ3v) is 5.56. The summed E-state index contributed by atoms with van der Waals surface area (Å²) in [6.45, 7) is 0. The summed E-state index contributed by atoms with van der Waals surface area (Å²) in [6, 6.07) is 18.0. The molecule has 0 radical (unpaired) electrons. The van der Waals surface area contributed by atoms with Gasteiger partial charge in [0.2, 0.25) is 6.23 Å². The lowest BCUT2D eigenvalue weighted by atomic mass is 9.95. The first-order valence-electron chi connectivity index (χ1n) is 9.74. The average Bonchev–Trinajstić information content (AvgIpc) is 3.24. The predicted molar refractivity (Wildman–Crippen MR) is 112 cm³/mol. The Hall–Kier alpha value is -3.94. The molecule has 2 heterocycles. The van der Waals surface area contributed by atoms with Crippen LogP contribution in [0.5, 0.6) is 11.5 Å². The Kier molecular flexibility index (Phi) is 4.54. The molecule has 0 aliphatic carbocycles. The minimum atomic E-state index is -0.574. The summed E-state index contributed by atoms with van der Waals surface area (Å²) in [6.07, 6.45) is -0.0167. The Balaban J connectivity index is 1.58. The van der Waals surface area contributed by atoms with Gasteiger partial charge in [0.25, 0.3) is 5.69 Å². The van der Waals surface area contributed by atoms with Crippen LogP contribution < -0.4 is 9.47 Å². The SMILES string of the molecule is COc1ccc(C2=NN3C(C2)c2cc([N+](=O)[O-])ccc2OC3c2ccc(F)cc2)cc1. The number of rotatable bonds is 4. The fourth-order valence-electron chi connectivity index (χ4n) is 3.99. The van der Waals surface area contributed by atoms with Crippen LogP contribution in [0.4, 0.5) is 10.1 Å². The highest BCUT2D eigenvalue weighted by Crippen LogP contribution is 2.48. The Morgan fingerprint density at radius 1 is 1.13 bits per heavy atom. The minimum Gasteiger partial charge on any atom is -0.497 e. The van der Waals surface area contributed by atoms with Gasteiger partial charge in [0, 0.05) is 29.7 Å². The van der Waals surface area contributed by atoms with Crippen LogP contribution in [-0.4, -0.2) is 22.8 Å². The van der Waals surface area contributed by atoms with Crippen molar-refractivity contribution in [3.05, 3.63) is 99.4 Å². The van der Waals surface area contributed by atoms with Gasteiger partial charge in [-0.05, 0) is 48.0 Å². The highest BCUT2D eigenvalue weighted by Gasteiger charge is 2.41. The molecule has 0 aromatic heterocycles. The quantitative estimate of drug-likeness (QED) is 0.440. The molecule has 3 aromatic carbocycles. The van der Waals surface area contributed by atoms with Gasteiger partial charge in [-0.1, -0.05) is 12.1 Å². The number of nitrogens with zero attached hydrogens (tertiary/aromatic N) is 3. The number of nitro groups is 1. The molecule has 31 heavy (non-hydrogen) atoms. The molecule has 0 spiro atoms. The van der Waals surface area contributed by atoms with Crippen LogP contribution in [-0.2, 0) is 0 Å². The van der Waals surface area contributed by atoms with Crippen LogP contribution in [0.15, 0.2) is 71.8 Å². The molecule has 0 bridgehead atoms. The molecule has 2 aliphatic rings. The fourth-order valence-corrected chi connectivity index (χ4v) is 3.99. The molecule has 0 amide bonds. The average molecular weight is 419 g/mol. The van der Waals surface area contributed by atoms with Crippen molar-refractivity contribution in [1.29, 1.82) is 0 Å². The van der Waals surface area contributed by atoms with Crippen molar-refractivity contribution in [2.24, 2.45) is 5.10 Å². The number of nitro benzene ring substituents is 1. The smallest absolute Gasteiger partial charge is 0.270 e. The van der Waals surface area contributed by atoms with Crippen molar-refractivity contribution < 1.29 is 18.8 Å². The predicted octanol–water partition coefficient (Wildman–Crippen LogP) is 4.98. The largest absolute Gasteiger partial charge is 0.497 e. The van der Waals surface area contributed by atoms with Crippen LogP contribution in [0.2, 0.25) is 0 Å². The van der Waals surface area contributed by atoms with Crippen molar-refractivity contribution in [2.75, 3.05) is 7.11 Å². The summed E-state index contributed by atoms with van der Waals surface area (Å²) >= 11 is 0. The lowest BCUT2D eigenvalue weighted by Gasteiger charge is -2.38. The van der Waals surface area contributed by atoms with E-state index in [0.29, 0.717) is 17.7 Å². The third kappa shape index (κ3) is 3.35. The van der Waals surface area contributed by atoms with Crippen LogP contribution in [0.3, 0.4) is 0 Å². The second-order valence-electron chi connectivity index (χ2n) is 7.38. The molecule has 2 unspecified atom stereocenters. The number of hydrogen-bond donors (Lipinski definition) is 0. The number of halogens is 1. The number of fused-ring (bicyclic) bond motifs is 3. The number of benzene rings is 3. The van der Waals surface area contributed by atoms with E-state index in [2.05, 4.69) is 0 Å². The van der Waals surface area contributed by atoms with Gasteiger partial charge >= 0.3 is 0 Å². The van der Waals surface area contributed by atoms with Crippen LogP contribution in [0.1, 0.15) is 35.4 Å². The highest BCUT2D eigenvalue weighted by atomic mass is 19.1. The zero-order chi connectivity index (χ0) is 21.5. The molecule has 2 aliphatic heterocycles. The fraction of sp³-hybridized carbons (Fsp3) is 0.174. The molecule has 0 fully saturated rings. The van der Waals surface area contributed by atoms with E-state index in [4.69, 9.17) is 14.6 Å². The Morgan fingerprint density at radius 2 is 1.87 bits per heavy atom. The summed E-state index contributed by atoms with van der Waals surface area (Å²) in [5, 5.41) is 17.9.